The van der Waals surface area contributed by atoms with Crippen LogP contribution >= 0.6 is 28.1 Å². The van der Waals surface area contributed by atoms with Gasteiger partial charge in [-0.1, -0.05) is 52.3 Å². The lowest BCUT2D eigenvalue weighted by atomic mass is 10.1. The average molecular weight is 482 g/mol. The van der Waals surface area contributed by atoms with E-state index in [-0.39, 0.29) is 16.9 Å². The molecule has 0 spiro atoms. The Bertz CT molecular complexity index is 1060. The van der Waals surface area contributed by atoms with Crippen molar-refractivity contribution in [3.8, 4) is 0 Å². The highest BCUT2D eigenvalue weighted by Crippen LogP contribution is 2.14. The van der Waals surface area contributed by atoms with Crippen LogP contribution in [-0.4, -0.2) is 28.9 Å². The van der Waals surface area contributed by atoms with Crippen LogP contribution in [0.1, 0.15) is 26.3 Å². The summed E-state index contributed by atoms with van der Waals surface area (Å²) in [7, 11) is 1.76. The molecule has 0 aliphatic carbocycles. The van der Waals surface area contributed by atoms with Gasteiger partial charge in [0.1, 0.15) is 0 Å². The molecule has 30 heavy (non-hydrogen) atoms. The number of amides is 2. The summed E-state index contributed by atoms with van der Waals surface area (Å²) in [5.41, 5.74) is 2.70. The van der Waals surface area contributed by atoms with Crippen molar-refractivity contribution in [1.29, 1.82) is 0 Å². The molecule has 0 saturated carbocycles. The van der Waals surface area contributed by atoms with E-state index in [1.807, 2.05) is 30.3 Å². The number of thiocarbonyl (C=S) groups is 1. The van der Waals surface area contributed by atoms with Crippen LogP contribution in [0, 0.1) is 0 Å². The number of carbonyl (C=O) groups excluding carboxylic acids is 2. The standard InChI is InChI=1S/C23H20BrN3O2S/c1-27(15-16-6-3-2-4-7-16)22(29)18-8-5-9-20(14-18)25-23(30)26-21(28)17-10-12-19(24)13-11-17/h2-14H,15H2,1H3,(H2,25,26,28,30). The molecule has 0 fully saturated rings. The lowest BCUT2D eigenvalue weighted by Crippen LogP contribution is -2.34. The van der Waals surface area contributed by atoms with E-state index in [9.17, 15) is 9.59 Å². The van der Waals surface area contributed by atoms with Gasteiger partial charge < -0.3 is 10.2 Å². The van der Waals surface area contributed by atoms with Crippen molar-refractivity contribution in [2.45, 2.75) is 6.54 Å². The van der Waals surface area contributed by atoms with E-state index in [0.717, 1.165) is 10.0 Å². The number of rotatable bonds is 5. The second-order valence-electron chi connectivity index (χ2n) is 6.64. The number of hydrogen-bond donors (Lipinski definition) is 2. The smallest absolute Gasteiger partial charge is 0.257 e. The highest BCUT2D eigenvalue weighted by molar-refractivity contribution is 9.10. The lowest BCUT2D eigenvalue weighted by molar-refractivity contribution is 0.0785. The van der Waals surface area contributed by atoms with E-state index >= 15 is 0 Å². The number of hydrogen-bond acceptors (Lipinski definition) is 3. The molecule has 0 unspecified atom stereocenters. The molecule has 2 amide bonds. The molecule has 0 radical (unpaired) electrons. The van der Waals surface area contributed by atoms with Crippen LogP contribution in [-0.2, 0) is 6.54 Å². The third-order valence-corrected chi connectivity index (χ3v) is 5.04. The second-order valence-corrected chi connectivity index (χ2v) is 7.97. The zero-order valence-electron chi connectivity index (χ0n) is 16.3. The SMILES string of the molecule is CN(Cc1ccccc1)C(=O)c1cccc(NC(=S)NC(=O)c2ccc(Br)cc2)c1. The van der Waals surface area contributed by atoms with E-state index in [1.54, 1.807) is 60.5 Å². The molecule has 0 saturated heterocycles. The first-order valence-electron chi connectivity index (χ1n) is 9.20. The van der Waals surface area contributed by atoms with Gasteiger partial charge in [-0.3, -0.25) is 14.9 Å². The molecule has 5 nitrogen and oxygen atoms in total. The lowest BCUT2D eigenvalue weighted by Gasteiger charge is -2.18. The molecule has 7 heteroatoms. The van der Waals surface area contributed by atoms with Crippen molar-refractivity contribution in [2.24, 2.45) is 0 Å². The Morgan fingerprint density at radius 2 is 1.63 bits per heavy atom. The Morgan fingerprint density at radius 1 is 0.933 bits per heavy atom. The number of halogens is 1. The number of nitrogens with one attached hydrogen (secondary N) is 2. The van der Waals surface area contributed by atoms with Crippen molar-refractivity contribution >= 4 is 50.8 Å². The number of carbonyl (C=O) groups is 2. The van der Waals surface area contributed by atoms with Gasteiger partial charge in [0.2, 0.25) is 0 Å². The second kappa shape index (κ2) is 10.1. The Balaban J connectivity index is 1.61. The molecular formula is C23H20BrN3O2S. The molecule has 0 aliphatic rings. The fourth-order valence-corrected chi connectivity index (χ4v) is 3.29. The zero-order valence-corrected chi connectivity index (χ0v) is 18.7. The Kier molecular flexibility index (Phi) is 7.32. The van der Waals surface area contributed by atoms with Crippen molar-refractivity contribution in [3.05, 3.63) is 100 Å². The van der Waals surface area contributed by atoms with E-state index in [4.69, 9.17) is 12.2 Å². The number of benzene rings is 3. The minimum absolute atomic E-state index is 0.104. The number of anilines is 1. The van der Waals surface area contributed by atoms with Gasteiger partial charge in [0, 0.05) is 34.9 Å². The molecule has 0 aliphatic heterocycles. The Labute approximate surface area is 189 Å². The van der Waals surface area contributed by atoms with Gasteiger partial charge in [-0.15, -0.1) is 0 Å². The third kappa shape index (κ3) is 5.98. The molecule has 0 heterocycles. The van der Waals surface area contributed by atoms with Crippen molar-refractivity contribution in [2.75, 3.05) is 12.4 Å². The van der Waals surface area contributed by atoms with E-state index in [1.165, 1.54) is 0 Å². The summed E-state index contributed by atoms with van der Waals surface area (Å²) in [6.45, 7) is 0.513. The Hall–Kier alpha value is -3.03. The number of nitrogens with zero attached hydrogens (tertiary/aromatic N) is 1. The molecule has 3 aromatic carbocycles. The Morgan fingerprint density at radius 3 is 2.33 bits per heavy atom. The van der Waals surface area contributed by atoms with Crippen molar-refractivity contribution in [1.82, 2.24) is 10.2 Å². The predicted octanol–water partition coefficient (Wildman–Crippen LogP) is 4.85. The quantitative estimate of drug-likeness (QED) is 0.511. The normalized spacial score (nSPS) is 10.2. The van der Waals surface area contributed by atoms with Crippen LogP contribution in [0.25, 0.3) is 0 Å². The van der Waals surface area contributed by atoms with Crippen molar-refractivity contribution in [3.63, 3.8) is 0 Å². The molecule has 0 atom stereocenters. The fraction of sp³-hybridized carbons (Fsp3) is 0.0870. The summed E-state index contributed by atoms with van der Waals surface area (Å²) in [6, 6.07) is 23.8. The first-order chi connectivity index (χ1) is 14.4. The highest BCUT2D eigenvalue weighted by atomic mass is 79.9. The molecule has 3 aromatic rings. The van der Waals surface area contributed by atoms with Crippen molar-refractivity contribution < 1.29 is 9.59 Å². The van der Waals surface area contributed by atoms with E-state index in [0.29, 0.717) is 23.4 Å². The summed E-state index contributed by atoms with van der Waals surface area (Å²) < 4.78 is 0.887. The predicted molar refractivity (Wildman–Crippen MR) is 127 cm³/mol. The molecule has 0 bridgehead atoms. The summed E-state index contributed by atoms with van der Waals surface area (Å²) in [5, 5.41) is 5.75. The van der Waals surface area contributed by atoms with Crippen LogP contribution < -0.4 is 10.6 Å². The third-order valence-electron chi connectivity index (χ3n) is 4.31. The minimum atomic E-state index is -0.310. The van der Waals surface area contributed by atoms with Gasteiger partial charge in [-0.25, -0.2) is 0 Å². The van der Waals surface area contributed by atoms with E-state index in [2.05, 4.69) is 26.6 Å². The molecule has 2 N–H and O–H groups in total. The summed E-state index contributed by atoms with van der Waals surface area (Å²) in [6.07, 6.45) is 0. The van der Waals surface area contributed by atoms with Gasteiger partial charge in [-0.2, -0.15) is 0 Å². The van der Waals surface area contributed by atoms with Crippen LogP contribution in [0.3, 0.4) is 0 Å². The van der Waals surface area contributed by atoms with Crippen LogP contribution in [0.4, 0.5) is 5.69 Å². The minimum Gasteiger partial charge on any atom is -0.337 e. The first kappa shape index (κ1) is 21.7. The maximum atomic E-state index is 12.8. The summed E-state index contributed by atoms with van der Waals surface area (Å²) >= 11 is 8.57. The molecule has 152 valence electrons. The van der Waals surface area contributed by atoms with Gasteiger partial charge >= 0.3 is 0 Å². The average Bonchev–Trinajstić information content (AvgIpc) is 2.74. The fourth-order valence-electron chi connectivity index (χ4n) is 2.82. The summed E-state index contributed by atoms with van der Waals surface area (Å²) in [5.74, 6) is -0.415. The molecular weight excluding hydrogens is 462 g/mol. The van der Waals surface area contributed by atoms with Gasteiger partial charge in [0.25, 0.3) is 11.8 Å². The van der Waals surface area contributed by atoms with Crippen LogP contribution in [0.5, 0.6) is 0 Å². The van der Waals surface area contributed by atoms with Gasteiger partial charge in [0.15, 0.2) is 5.11 Å². The van der Waals surface area contributed by atoms with Gasteiger partial charge in [0.05, 0.1) is 0 Å². The monoisotopic (exact) mass is 481 g/mol. The summed E-state index contributed by atoms with van der Waals surface area (Å²) in [4.78, 5) is 26.7. The topological polar surface area (TPSA) is 61.4 Å². The molecule has 0 aromatic heterocycles. The molecule has 3 rings (SSSR count). The largest absolute Gasteiger partial charge is 0.337 e. The first-order valence-corrected chi connectivity index (χ1v) is 10.4. The van der Waals surface area contributed by atoms with Gasteiger partial charge in [-0.05, 0) is 60.2 Å². The maximum Gasteiger partial charge on any atom is 0.257 e. The van der Waals surface area contributed by atoms with Crippen LogP contribution in [0.15, 0.2) is 83.3 Å². The zero-order chi connectivity index (χ0) is 21.5. The van der Waals surface area contributed by atoms with E-state index < -0.39 is 0 Å². The van der Waals surface area contributed by atoms with Crippen LogP contribution in [0.2, 0.25) is 0 Å². The highest BCUT2D eigenvalue weighted by Gasteiger charge is 2.13. The maximum absolute atomic E-state index is 12.8.